The average Bonchev–Trinajstić information content (AvgIpc) is 2.87. The Morgan fingerprint density at radius 1 is 1.69 bits per heavy atom. The number of aromatic carboxylic acids is 1. The van der Waals surface area contributed by atoms with E-state index < -0.39 is 5.97 Å². The molecule has 2 heterocycles. The predicted molar refractivity (Wildman–Crippen MR) is 55.3 cm³/mol. The van der Waals surface area contributed by atoms with Crippen LogP contribution in [0.1, 0.15) is 29.3 Å². The third-order valence-corrected chi connectivity index (χ3v) is 2.59. The number of carboxylic acid groups (broad SMARTS) is 1. The fourth-order valence-corrected chi connectivity index (χ4v) is 1.81. The van der Waals surface area contributed by atoms with Crippen LogP contribution in [-0.2, 0) is 0 Å². The van der Waals surface area contributed by atoms with Crippen LogP contribution in [0.15, 0.2) is 5.38 Å². The number of nitrogens with zero attached hydrogens (tertiary/aromatic N) is 4. The van der Waals surface area contributed by atoms with Crippen LogP contribution in [0.5, 0.6) is 0 Å². The maximum absolute atomic E-state index is 10.6. The SMILES string of the molecule is CC(Nc1nc(C(=O)O)cs1)c1nn[nH]n1. The molecule has 0 fully saturated rings. The van der Waals surface area contributed by atoms with E-state index in [9.17, 15) is 4.79 Å². The second-order valence-corrected chi connectivity index (χ2v) is 3.84. The van der Waals surface area contributed by atoms with Crippen LogP contribution >= 0.6 is 11.3 Å². The van der Waals surface area contributed by atoms with Crippen molar-refractivity contribution < 1.29 is 9.90 Å². The highest BCUT2D eigenvalue weighted by atomic mass is 32.1. The molecule has 84 valence electrons. The van der Waals surface area contributed by atoms with E-state index in [0.29, 0.717) is 11.0 Å². The number of aromatic amines is 1. The van der Waals surface area contributed by atoms with E-state index in [-0.39, 0.29) is 11.7 Å². The lowest BCUT2D eigenvalue weighted by molar-refractivity contribution is 0.0691. The molecule has 0 spiro atoms. The van der Waals surface area contributed by atoms with Gasteiger partial charge in [-0.05, 0) is 6.92 Å². The van der Waals surface area contributed by atoms with E-state index in [1.165, 1.54) is 16.7 Å². The Balaban J connectivity index is 2.06. The highest BCUT2D eigenvalue weighted by molar-refractivity contribution is 7.13. The van der Waals surface area contributed by atoms with Crippen molar-refractivity contribution in [3.8, 4) is 0 Å². The summed E-state index contributed by atoms with van der Waals surface area (Å²) >= 11 is 1.21. The van der Waals surface area contributed by atoms with Crippen LogP contribution in [0.2, 0.25) is 0 Å². The van der Waals surface area contributed by atoms with Gasteiger partial charge in [0.15, 0.2) is 16.6 Å². The smallest absolute Gasteiger partial charge is 0.355 e. The summed E-state index contributed by atoms with van der Waals surface area (Å²) in [4.78, 5) is 14.5. The molecule has 16 heavy (non-hydrogen) atoms. The minimum absolute atomic E-state index is 0.0211. The summed E-state index contributed by atoms with van der Waals surface area (Å²) in [6.07, 6.45) is 0. The quantitative estimate of drug-likeness (QED) is 0.713. The Hall–Kier alpha value is -2.03. The molecule has 0 aromatic carbocycles. The lowest BCUT2D eigenvalue weighted by Crippen LogP contribution is -2.08. The number of hydrogen-bond donors (Lipinski definition) is 3. The van der Waals surface area contributed by atoms with Gasteiger partial charge in [0.25, 0.3) is 0 Å². The van der Waals surface area contributed by atoms with Gasteiger partial charge in [-0.15, -0.1) is 21.5 Å². The molecular weight excluding hydrogens is 232 g/mol. The molecule has 0 amide bonds. The topological polar surface area (TPSA) is 117 Å². The van der Waals surface area contributed by atoms with Crippen LogP contribution in [0.4, 0.5) is 5.13 Å². The second-order valence-electron chi connectivity index (χ2n) is 2.98. The number of tetrazole rings is 1. The first kappa shape index (κ1) is 10.5. The standard InChI is InChI=1S/C7H8N6O2S/c1-3(5-10-12-13-11-5)8-7-9-4(2-16-7)6(14)15/h2-3H,1H3,(H,8,9)(H,14,15)(H,10,11,12,13). The lowest BCUT2D eigenvalue weighted by atomic mass is 10.3. The monoisotopic (exact) mass is 240 g/mol. The first-order valence-corrected chi connectivity index (χ1v) is 5.23. The second kappa shape index (κ2) is 4.23. The molecule has 0 saturated carbocycles. The third-order valence-electron chi connectivity index (χ3n) is 1.81. The Bertz CT molecular complexity index is 481. The zero-order valence-corrected chi connectivity index (χ0v) is 9.02. The van der Waals surface area contributed by atoms with Gasteiger partial charge in [-0.1, -0.05) is 5.21 Å². The van der Waals surface area contributed by atoms with E-state index in [1.807, 2.05) is 6.92 Å². The van der Waals surface area contributed by atoms with Crippen molar-refractivity contribution in [3.05, 3.63) is 16.9 Å². The Kier molecular flexibility index (Phi) is 2.77. The molecule has 2 rings (SSSR count). The highest BCUT2D eigenvalue weighted by Gasteiger charge is 2.13. The molecule has 8 nitrogen and oxygen atoms in total. The van der Waals surface area contributed by atoms with Crippen molar-refractivity contribution in [1.82, 2.24) is 25.6 Å². The van der Waals surface area contributed by atoms with Crippen LogP contribution in [0.25, 0.3) is 0 Å². The Morgan fingerprint density at radius 3 is 3.06 bits per heavy atom. The summed E-state index contributed by atoms with van der Waals surface area (Å²) in [5.41, 5.74) is 0.0211. The normalized spacial score (nSPS) is 12.3. The highest BCUT2D eigenvalue weighted by Crippen LogP contribution is 2.20. The zero-order valence-electron chi connectivity index (χ0n) is 8.21. The number of H-pyrrole nitrogens is 1. The molecule has 2 aromatic rings. The van der Waals surface area contributed by atoms with Crippen molar-refractivity contribution in [2.45, 2.75) is 13.0 Å². The molecule has 2 aromatic heterocycles. The summed E-state index contributed by atoms with van der Waals surface area (Å²) in [5, 5.41) is 27.0. The molecular formula is C7H8N6O2S. The molecule has 0 bridgehead atoms. The maximum Gasteiger partial charge on any atom is 0.355 e. The predicted octanol–water partition coefficient (Wildman–Crippen LogP) is 0.527. The average molecular weight is 240 g/mol. The largest absolute Gasteiger partial charge is 0.476 e. The fourth-order valence-electron chi connectivity index (χ4n) is 1.04. The van der Waals surface area contributed by atoms with Crippen LogP contribution in [-0.4, -0.2) is 36.7 Å². The molecule has 3 N–H and O–H groups in total. The van der Waals surface area contributed by atoms with Crippen molar-refractivity contribution in [1.29, 1.82) is 0 Å². The van der Waals surface area contributed by atoms with Crippen molar-refractivity contribution in [3.63, 3.8) is 0 Å². The minimum atomic E-state index is -1.04. The van der Waals surface area contributed by atoms with Gasteiger partial charge in [0.05, 0.1) is 6.04 Å². The van der Waals surface area contributed by atoms with Gasteiger partial charge >= 0.3 is 5.97 Å². The number of nitrogens with one attached hydrogen (secondary N) is 2. The molecule has 9 heteroatoms. The van der Waals surface area contributed by atoms with Crippen molar-refractivity contribution in [2.24, 2.45) is 0 Å². The van der Waals surface area contributed by atoms with Crippen LogP contribution in [0.3, 0.4) is 0 Å². The summed E-state index contributed by atoms with van der Waals surface area (Å²) in [5.74, 6) is -0.552. The summed E-state index contributed by atoms with van der Waals surface area (Å²) in [6.45, 7) is 1.83. The van der Waals surface area contributed by atoms with E-state index in [2.05, 4.69) is 30.9 Å². The van der Waals surface area contributed by atoms with Gasteiger partial charge in [0, 0.05) is 5.38 Å². The molecule has 1 unspecified atom stereocenters. The van der Waals surface area contributed by atoms with Gasteiger partial charge in [0.1, 0.15) is 0 Å². The maximum atomic E-state index is 10.6. The van der Waals surface area contributed by atoms with Gasteiger partial charge < -0.3 is 10.4 Å². The molecule has 0 saturated heterocycles. The molecule has 0 aliphatic heterocycles. The molecule has 1 atom stereocenters. The van der Waals surface area contributed by atoms with Crippen molar-refractivity contribution in [2.75, 3.05) is 5.32 Å². The van der Waals surface area contributed by atoms with E-state index in [0.717, 1.165) is 0 Å². The molecule has 0 radical (unpaired) electrons. The first-order chi connectivity index (χ1) is 7.66. The first-order valence-electron chi connectivity index (χ1n) is 4.35. The van der Waals surface area contributed by atoms with Gasteiger partial charge in [-0.3, -0.25) is 0 Å². The van der Waals surface area contributed by atoms with Gasteiger partial charge in [-0.25, -0.2) is 9.78 Å². The number of anilines is 1. The lowest BCUT2D eigenvalue weighted by Gasteiger charge is -2.06. The van der Waals surface area contributed by atoms with E-state index >= 15 is 0 Å². The third kappa shape index (κ3) is 2.14. The number of aromatic nitrogens is 5. The van der Waals surface area contributed by atoms with Gasteiger partial charge in [0.2, 0.25) is 0 Å². The summed E-state index contributed by atoms with van der Waals surface area (Å²) < 4.78 is 0. The van der Waals surface area contributed by atoms with Crippen LogP contribution in [0, 0.1) is 0 Å². The van der Waals surface area contributed by atoms with Crippen LogP contribution < -0.4 is 5.32 Å². The number of thiazole rings is 1. The Morgan fingerprint density at radius 2 is 2.50 bits per heavy atom. The molecule has 0 aliphatic carbocycles. The number of hydrogen-bond acceptors (Lipinski definition) is 7. The number of carboxylic acids is 1. The summed E-state index contributed by atoms with van der Waals surface area (Å²) in [7, 11) is 0. The summed E-state index contributed by atoms with van der Waals surface area (Å²) in [6, 6.07) is -0.188. The van der Waals surface area contributed by atoms with E-state index in [1.54, 1.807) is 0 Å². The molecule has 0 aliphatic rings. The fraction of sp³-hybridized carbons (Fsp3) is 0.286. The minimum Gasteiger partial charge on any atom is -0.476 e. The van der Waals surface area contributed by atoms with E-state index in [4.69, 9.17) is 5.11 Å². The Labute approximate surface area is 93.7 Å². The zero-order chi connectivity index (χ0) is 11.5. The number of rotatable bonds is 4. The number of carbonyl (C=O) groups is 1. The van der Waals surface area contributed by atoms with Gasteiger partial charge in [-0.2, -0.15) is 5.21 Å². The van der Waals surface area contributed by atoms with Crippen molar-refractivity contribution >= 4 is 22.4 Å².